The van der Waals surface area contributed by atoms with Crippen molar-refractivity contribution in [3.63, 3.8) is 0 Å². The molecule has 2 heterocycles. The average molecular weight is 496 g/mol. The fraction of sp³-hybridized carbons (Fsp3) is 0.222. The van der Waals surface area contributed by atoms with Gasteiger partial charge in [-0.2, -0.15) is 0 Å². The zero-order valence-corrected chi connectivity index (χ0v) is 20.4. The summed E-state index contributed by atoms with van der Waals surface area (Å²) in [6.07, 6.45) is 2.48. The first-order valence-electron chi connectivity index (χ1n) is 11.0. The van der Waals surface area contributed by atoms with E-state index in [0.29, 0.717) is 40.4 Å². The number of ketones is 1. The fourth-order valence-corrected chi connectivity index (χ4v) is 4.85. The first-order chi connectivity index (χ1) is 16.4. The van der Waals surface area contributed by atoms with Gasteiger partial charge in [-0.3, -0.25) is 9.69 Å². The van der Waals surface area contributed by atoms with E-state index in [0.717, 1.165) is 41.0 Å². The van der Waals surface area contributed by atoms with E-state index in [1.54, 1.807) is 19.3 Å². The van der Waals surface area contributed by atoms with Gasteiger partial charge in [0.15, 0.2) is 5.76 Å². The summed E-state index contributed by atoms with van der Waals surface area (Å²) in [6.45, 7) is 3.71. The molecule has 0 saturated heterocycles. The van der Waals surface area contributed by atoms with Gasteiger partial charge in [0.25, 0.3) is 0 Å². The van der Waals surface area contributed by atoms with Crippen LogP contribution < -0.4 is 14.2 Å². The van der Waals surface area contributed by atoms with Gasteiger partial charge in [-0.25, -0.2) is 0 Å². The van der Waals surface area contributed by atoms with Crippen LogP contribution in [0.2, 0.25) is 10.0 Å². The zero-order valence-electron chi connectivity index (χ0n) is 18.9. The first-order valence-corrected chi connectivity index (χ1v) is 11.7. The number of Topliss-reactive ketones (excluding diaryl/α,β-unsaturated/α-hetero) is 1. The van der Waals surface area contributed by atoms with Gasteiger partial charge >= 0.3 is 0 Å². The van der Waals surface area contributed by atoms with E-state index in [-0.39, 0.29) is 11.5 Å². The first kappa shape index (κ1) is 22.8. The molecule has 2 aliphatic heterocycles. The second-order valence-electron chi connectivity index (χ2n) is 8.37. The molecule has 3 aromatic carbocycles. The fourth-order valence-electron chi connectivity index (χ4n) is 4.35. The average Bonchev–Trinajstić information content (AvgIpc) is 3.16. The van der Waals surface area contributed by atoms with Gasteiger partial charge in [-0.1, -0.05) is 47.5 Å². The number of aryl methyl sites for hydroxylation is 1. The Bertz CT molecular complexity index is 1320. The Balaban J connectivity index is 1.41. The van der Waals surface area contributed by atoms with Gasteiger partial charge in [0, 0.05) is 28.7 Å². The van der Waals surface area contributed by atoms with E-state index in [1.807, 2.05) is 49.4 Å². The minimum Gasteiger partial charge on any atom is -0.496 e. The number of carbonyl (C=O) groups is 1. The minimum atomic E-state index is -0.133. The van der Waals surface area contributed by atoms with E-state index in [9.17, 15) is 4.79 Å². The highest BCUT2D eigenvalue weighted by atomic mass is 35.5. The van der Waals surface area contributed by atoms with Crippen molar-refractivity contribution in [2.45, 2.75) is 19.9 Å². The summed E-state index contributed by atoms with van der Waals surface area (Å²) in [7, 11) is 1.60. The normalized spacial score (nSPS) is 16.1. The van der Waals surface area contributed by atoms with Crippen molar-refractivity contribution >= 4 is 35.1 Å². The number of halogens is 2. The highest BCUT2D eigenvalue weighted by molar-refractivity contribution is 6.35. The topological polar surface area (TPSA) is 48.0 Å². The molecule has 0 saturated carbocycles. The zero-order chi connectivity index (χ0) is 23.8. The van der Waals surface area contributed by atoms with Crippen LogP contribution in [0.3, 0.4) is 0 Å². The Kier molecular flexibility index (Phi) is 6.26. The van der Waals surface area contributed by atoms with Gasteiger partial charge in [0.1, 0.15) is 24.0 Å². The number of fused-ring (bicyclic) bond motifs is 3. The molecule has 0 bridgehead atoms. The van der Waals surface area contributed by atoms with Crippen LogP contribution >= 0.6 is 23.2 Å². The second kappa shape index (κ2) is 9.34. The highest BCUT2D eigenvalue weighted by Crippen LogP contribution is 2.44. The standard InChI is InChI=1S/C27H23Cl2NO4/c1-16-11-23-20(14-30(15-33-23)10-9-17-7-8-19(28)13-21(17)29)27-25(16)26(31)24(34-27)12-18-5-3-4-6-22(18)32-2/h3-8,11-13H,9-10,14-15H2,1-2H3/b24-12+. The van der Waals surface area contributed by atoms with Crippen molar-refractivity contribution in [1.82, 2.24) is 4.90 Å². The second-order valence-corrected chi connectivity index (χ2v) is 9.21. The lowest BCUT2D eigenvalue weighted by Gasteiger charge is -2.30. The molecule has 7 heteroatoms. The molecular formula is C27H23Cl2NO4. The predicted octanol–water partition coefficient (Wildman–Crippen LogP) is 6.32. The van der Waals surface area contributed by atoms with Gasteiger partial charge < -0.3 is 14.2 Å². The van der Waals surface area contributed by atoms with E-state index in [1.165, 1.54) is 0 Å². The van der Waals surface area contributed by atoms with Crippen LogP contribution in [-0.4, -0.2) is 31.1 Å². The lowest BCUT2D eigenvalue weighted by atomic mass is 9.98. The molecule has 174 valence electrons. The van der Waals surface area contributed by atoms with Crippen molar-refractivity contribution in [3.05, 3.63) is 92.2 Å². The van der Waals surface area contributed by atoms with Gasteiger partial charge in [0.05, 0.1) is 18.2 Å². The third kappa shape index (κ3) is 4.27. The van der Waals surface area contributed by atoms with Gasteiger partial charge in [-0.15, -0.1) is 0 Å². The molecule has 0 aliphatic carbocycles. The molecule has 0 N–H and O–H groups in total. The lowest BCUT2D eigenvalue weighted by Crippen LogP contribution is -2.34. The van der Waals surface area contributed by atoms with E-state index in [2.05, 4.69) is 4.90 Å². The van der Waals surface area contributed by atoms with Gasteiger partial charge in [0.2, 0.25) is 5.78 Å². The Morgan fingerprint density at radius 1 is 1.15 bits per heavy atom. The quantitative estimate of drug-likeness (QED) is 0.387. The maximum Gasteiger partial charge on any atom is 0.232 e. The van der Waals surface area contributed by atoms with Crippen LogP contribution in [0, 0.1) is 6.92 Å². The van der Waals surface area contributed by atoms with Crippen LogP contribution in [0.1, 0.15) is 32.6 Å². The number of benzene rings is 3. The number of hydrogen-bond donors (Lipinski definition) is 0. The van der Waals surface area contributed by atoms with Crippen molar-refractivity contribution in [2.24, 2.45) is 0 Å². The van der Waals surface area contributed by atoms with Crippen LogP contribution in [0.25, 0.3) is 6.08 Å². The summed E-state index contributed by atoms with van der Waals surface area (Å²) in [5, 5.41) is 1.27. The molecule has 3 aromatic rings. The van der Waals surface area contributed by atoms with Crippen molar-refractivity contribution in [1.29, 1.82) is 0 Å². The van der Waals surface area contributed by atoms with E-state index >= 15 is 0 Å². The Labute approximate surface area is 208 Å². The third-order valence-corrected chi connectivity index (χ3v) is 6.71. The SMILES string of the molecule is COc1ccccc1/C=C1/Oc2c3c(cc(C)c2C1=O)OCN(CCc1ccc(Cl)cc1Cl)C3. The molecular weight excluding hydrogens is 473 g/mol. The molecule has 34 heavy (non-hydrogen) atoms. The summed E-state index contributed by atoms with van der Waals surface area (Å²) < 4.78 is 17.6. The molecule has 0 fully saturated rings. The number of hydrogen-bond acceptors (Lipinski definition) is 5. The number of allylic oxidation sites excluding steroid dienone is 1. The molecule has 0 amide bonds. The number of ether oxygens (including phenoxy) is 3. The Hall–Kier alpha value is -2.99. The number of nitrogens with zero attached hydrogens (tertiary/aromatic N) is 1. The molecule has 5 rings (SSSR count). The van der Waals surface area contributed by atoms with Crippen molar-refractivity contribution in [2.75, 3.05) is 20.4 Å². The largest absolute Gasteiger partial charge is 0.496 e. The van der Waals surface area contributed by atoms with E-state index in [4.69, 9.17) is 37.4 Å². The van der Waals surface area contributed by atoms with Crippen LogP contribution in [0.4, 0.5) is 0 Å². The summed E-state index contributed by atoms with van der Waals surface area (Å²) in [6, 6.07) is 15.0. The number of rotatable bonds is 5. The van der Waals surface area contributed by atoms with Gasteiger partial charge in [-0.05, 0) is 54.8 Å². The number of carbonyl (C=O) groups excluding carboxylic acids is 1. The van der Waals surface area contributed by atoms with Crippen LogP contribution in [-0.2, 0) is 13.0 Å². The molecule has 0 spiro atoms. The minimum absolute atomic E-state index is 0.133. The van der Waals surface area contributed by atoms with Crippen LogP contribution in [0.15, 0.2) is 54.3 Å². The third-order valence-electron chi connectivity index (χ3n) is 6.13. The van der Waals surface area contributed by atoms with Crippen molar-refractivity contribution in [3.8, 4) is 17.2 Å². The summed E-state index contributed by atoms with van der Waals surface area (Å²) in [5.41, 5.74) is 4.12. The van der Waals surface area contributed by atoms with Crippen LogP contribution in [0.5, 0.6) is 17.2 Å². The summed E-state index contributed by atoms with van der Waals surface area (Å²) in [4.78, 5) is 15.4. The number of methoxy groups -OCH3 is 1. The molecule has 0 atom stereocenters. The molecule has 2 aliphatic rings. The molecule has 5 nitrogen and oxygen atoms in total. The summed E-state index contributed by atoms with van der Waals surface area (Å²) in [5.74, 6) is 2.16. The lowest BCUT2D eigenvalue weighted by molar-refractivity contribution is 0.0949. The Morgan fingerprint density at radius 2 is 1.97 bits per heavy atom. The Morgan fingerprint density at radius 3 is 2.76 bits per heavy atom. The molecule has 0 radical (unpaired) electrons. The maximum absolute atomic E-state index is 13.3. The number of para-hydroxylation sites is 1. The molecule has 0 aromatic heterocycles. The van der Waals surface area contributed by atoms with E-state index < -0.39 is 0 Å². The predicted molar refractivity (Wildman–Crippen MR) is 133 cm³/mol. The summed E-state index contributed by atoms with van der Waals surface area (Å²) >= 11 is 12.3. The highest BCUT2D eigenvalue weighted by Gasteiger charge is 2.35. The maximum atomic E-state index is 13.3. The smallest absolute Gasteiger partial charge is 0.232 e. The van der Waals surface area contributed by atoms with Crippen molar-refractivity contribution < 1.29 is 19.0 Å². The monoisotopic (exact) mass is 495 g/mol. The molecule has 0 unspecified atom stereocenters.